The normalized spacial score (nSPS) is 29.1. The van der Waals surface area contributed by atoms with Crippen molar-refractivity contribution in [3.05, 3.63) is 34.9 Å². The number of halogens is 2. The third-order valence-corrected chi connectivity index (χ3v) is 4.88. The summed E-state index contributed by atoms with van der Waals surface area (Å²) >= 11 is 5.90. The zero-order valence-corrected chi connectivity index (χ0v) is 13.4. The summed E-state index contributed by atoms with van der Waals surface area (Å²) in [7, 11) is 0. The Balaban J connectivity index is 0.00000161. The van der Waals surface area contributed by atoms with E-state index < -0.39 is 5.60 Å². The lowest BCUT2D eigenvalue weighted by Gasteiger charge is -2.41. The first-order valence-corrected chi connectivity index (χ1v) is 7.57. The molecule has 0 radical (unpaired) electrons. The highest BCUT2D eigenvalue weighted by Crippen LogP contribution is 2.34. The SMILES string of the molecule is Cl.OC1CNCC1N1CCC(O)(c2ccc(Cl)cc2)CC1. The second-order valence-electron chi connectivity index (χ2n) is 5.87. The van der Waals surface area contributed by atoms with Crippen molar-refractivity contribution in [2.24, 2.45) is 0 Å². The van der Waals surface area contributed by atoms with Gasteiger partial charge in [-0.2, -0.15) is 0 Å². The molecule has 4 nitrogen and oxygen atoms in total. The lowest BCUT2D eigenvalue weighted by atomic mass is 9.84. The summed E-state index contributed by atoms with van der Waals surface area (Å²) in [5, 5.41) is 24.6. The highest BCUT2D eigenvalue weighted by Gasteiger charge is 2.38. The minimum atomic E-state index is -0.766. The van der Waals surface area contributed by atoms with Crippen molar-refractivity contribution < 1.29 is 10.2 Å². The lowest BCUT2D eigenvalue weighted by molar-refractivity contribution is -0.0450. The standard InChI is InChI=1S/C15H21ClN2O2.ClH/c16-12-3-1-11(2-4-12)15(20)5-7-18(8-6-15)13-9-17-10-14(13)19;/h1-4,13-14,17,19-20H,5-10H2;1H. The first-order valence-electron chi connectivity index (χ1n) is 7.20. The van der Waals surface area contributed by atoms with E-state index in [0.29, 0.717) is 24.4 Å². The smallest absolute Gasteiger partial charge is 0.0920 e. The number of aliphatic hydroxyl groups excluding tert-OH is 1. The van der Waals surface area contributed by atoms with Gasteiger partial charge in [0.2, 0.25) is 0 Å². The topological polar surface area (TPSA) is 55.7 Å². The average Bonchev–Trinajstić information content (AvgIpc) is 2.87. The fourth-order valence-corrected chi connectivity index (χ4v) is 3.42. The summed E-state index contributed by atoms with van der Waals surface area (Å²) < 4.78 is 0. The summed E-state index contributed by atoms with van der Waals surface area (Å²) in [5.74, 6) is 0. The van der Waals surface area contributed by atoms with Crippen molar-refractivity contribution in [3.63, 3.8) is 0 Å². The van der Waals surface area contributed by atoms with Gasteiger partial charge in [-0.3, -0.25) is 4.90 Å². The Labute approximate surface area is 136 Å². The Morgan fingerprint density at radius 3 is 2.29 bits per heavy atom. The number of β-amino-alcohol motifs (C(OH)–C–C–N with tert-alkyl or cyclic N) is 1. The van der Waals surface area contributed by atoms with E-state index in [1.54, 1.807) is 0 Å². The third kappa shape index (κ3) is 3.52. The van der Waals surface area contributed by atoms with Gasteiger partial charge in [0.1, 0.15) is 0 Å². The molecule has 0 spiro atoms. The molecule has 0 saturated carbocycles. The minimum absolute atomic E-state index is 0. The van der Waals surface area contributed by atoms with Crippen LogP contribution >= 0.6 is 24.0 Å². The van der Waals surface area contributed by atoms with Crippen LogP contribution < -0.4 is 5.32 Å². The fourth-order valence-electron chi connectivity index (χ4n) is 3.30. The molecule has 21 heavy (non-hydrogen) atoms. The van der Waals surface area contributed by atoms with E-state index in [4.69, 9.17) is 11.6 Å². The maximum absolute atomic E-state index is 10.8. The van der Waals surface area contributed by atoms with Gasteiger partial charge in [-0.15, -0.1) is 12.4 Å². The number of piperidine rings is 1. The van der Waals surface area contributed by atoms with Gasteiger partial charge in [-0.05, 0) is 30.5 Å². The first-order chi connectivity index (χ1) is 9.58. The molecule has 3 N–H and O–H groups in total. The van der Waals surface area contributed by atoms with Crippen molar-refractivity contribution in [3.8, 4) is 0 Å². The summed E-state index contributed by atoms with van der Waals surface area (Å²) in [6.45, 7) is 3.12. The van der Waals surface area contributed by atoms with Crippen LogP contribution in [0.4, 0.5) is 0 Å². The number of nitrogens with one attached hydrogen (secondary N) is 1. The Morgan fingerprint density at radius 1 is 1.14 bits per heavy atom. The molecular formula is C15H22Cl2N2O2. The van der Waals surface area contributed by atoms with Crippen molar-refractivity contribution in [2.75, 3.05) is 26.2 Å². The predicted molar refractivity (Wildman–Crippen MR) is 86.1 cm³/mol. The van der Waals surface area contributed by atoms with Crippen molar-refractivity contribution >= 4 is 24.0 Å². The molecule has 2 fully saturated rings. The minimum Gasteiger partial charge on any atom is -0.390 e. The number of nitrogens with zero attached hydrogens (tertiary/aromatic N) is 1. The van der Waals surface area contributed by atoms with Crippen molar-refractivity contribution in [1.29, 1.82) is 0 Å². The van der Waals surface area contributed by atoms with E-state index in [-0.39, 0.29) is 24.6 Å². The van der Waals surface area contributed by atoms with E-state index in [1.165, 1.54) is 0 Å². The van der Waals surface area contributed by atoms with Gasteiger partial charge in [0, 0.05) is 37.2 Å². The van der Waals surface area contributed by atoms with Gasteiger partial charge < -0.3 is 15.5 Å². The molecule has 0 amide bonds. The van der Waals surface area contributed by atoms with Gasteiger partial charge in [0.15, 0.2) is 0 Å². The second-order valence-corrected chi connectivity index (χ2v) is 6.30. The maximum Gasteiger partial charge on any atom is 0.0920 e. The monoisotopic (exact) mass is 332 g/mol. The molecule has 2 aliphatic rings. The second kappa shape index (κ2) is 6.82. The number of rotatable bonds is 2. The molecule has 2 aliphatic heterocycles. The number of hydrogen-bond donors (Lipinski definition) is 3. The Hall–Kier alpha value is -0.360. The molecule has 0 aromatic heterocycles. The van der Waals surface area contributed by atoms with E-state index >= 15 is 0 Å². The summed E-state index contributed by atoms with van der Waals surface area (Å²) in [4.78, 5) is 2.29. The molecule has 2 unspecified atom stereocenters. The maximum atomic E-state index is 10.8. The van der Waals surface area contributed by atoms with Crippen LogP contribution in [0.25, 0.3) is 0 Å². The molecule has 3 rings (SSSR count). The number of aliphatic hydroxyl groups is 2. The van der Waals surface area contributed by atoms with Crippen molar-refractivity contribution in [2.45, 2.75) is 30.6 Å². The molecule has 1 aromatic rings. The van der Waals surface area contributed by atoms with Crippen LogP contribution in [0.1, 0.15) is 18.4 Å². The summed E-state index contributed by atoms with van der Waals surface area (Å²) in [6.07, 6.45) is 1.09. The third-order valence-electron chi connectivity index (χ3n) is 4.63. The predicted octanol–water partition coefficient (Wildman–Crippen LogP) is 1.38. The molecule has 2 saturated heterocycles. The Kier molecular flexibility index (Phi) is 5.52. The molecule has 1 aromatic carbocycles. The molecule has 118 valence electrons. The number of likely N-dealkylation sites (tertiary alicyclic amines) is 1. The van der Waals surface area contributed by atoms with Crippen LogP contribution in [0.5, 0.6) is 0 Å². The molecular weight excluding hydrogens is 311 g/mol. The molecule has 6 heteroatoms. The van der Waals surface area contributed by atoms with Crippen LogP contribution in [0.2, 0.25) is 5.02 Å². The van der Waals surface area contributed by atoms with Gasteiger partial charge in [-0.25, -0.2) is 0 Å². The van der Waals surface area contributed by atoms with Crippen LogP contribution in [-0.2, 0) is 5.60 Å². The van der Waals surface area contributed by atoms with Crippen LogP contribution in [0.3, 0.4) is 0 Å². The quantitative estimate of drug-likeness (QED) is 0.765. The fraction of sp³-hybridized carbons (Fsp3) is 0.600. The zero-order chi connectivity index (χ0) is 14.2. The van der Waals surface area contributed by atoms with Crippen LogP contribution in [0, 0.1) is 0 Å². The first kappa shape index (κ1) is 17.0. The van der Waals surface area contributed by atoms with Crippen molar-refractivity contribution in [1.82, 2.24) is 10.2 Å². The van der Waals surface area contributed by atoms with Gasteiger partial charge in [0.05, 0.1) is 11.7 Å². The summed E-state index contributed by atoms with van der Waals surface area (Å²) in [5.41, 5.74) is 0.171. The van der Waals surface area contributed by atoms with E-state index in [0.717, 1.165) is 25.2 Å². The lowest BCUT2D eigenvalue weighted by Crippen LogP contribution is -2.50. The zero-order valence-electron chi connectivity index (χ0n) is 11.8. The van der Waals surface area contributed by atoms with Crippen LogP contribution in [-0.4, -0.2) is 53.4 Å². The Bertz CT molecular complexity index is 461. The van der Waals surface area contributed by atoms with Gasteiger partial charge >= 0.3 is 0 Å². The van der Waals surface area contributed by atoms with E-state index in [1.807, 2.05) is 24.3 Å². The molecule has 0 aliphatic carbocycles. The Morgan fingerprint density at radius 2 is 1.76 bits per heavy atom. The van der Waals surface area contributed by atoms with E-state index in [9.17, 15) is 10.2 Å². The highest BCUT2D eigenvalue weighted by atomic mass is 35.5. The van der Waals surface area contributed by atoms with Crippen LogP contribution in [0.15, 0.2) is 24.3 Å². The highest BCUT2D eigenvalue weighted by molar-refractivity contribution is 6.30. The average molecular weight is 333 g/mol. The molecule has 2 atom stereocenters. The molecule has 0 bridgehead atoms. The summed E-state index contributed by atoms with van der Waals surface area (Å²) in [6, 6.07) is 7.65. The molecule has 2 heterocycles. The number of hydrogen-bond acceptors (Lipinski definition) is 4. The van der Waals surface area contributed by atoms with Gasteiger partial charge in [-0.1, -0.05) is 23.7 Å². The largest absolute Gasteiger partial charge is 0.390 e. The van der Waals surface area contributed by atoms with Gasteiger partial charge in [0.25, 0.3) is 0 Å². The number of benzene rings is 1. The van der Waals surface area contributed by atoms with E-state index in [2.05, 4.69) is 10.2 Å².